The average Bonchev–Trinajstić information content (AvgIpc) is 3.13. The van der Waals surface area contributed by atoms with Crippen LogP contribution in [0.25, 0.3) is 16.8 Å². The zero-order valence-corrected chi connectivity index (χ0v) is 20.7. The van der Waals surface area contributed by atoms with Gasteiger partial charge in [0.15, 0.2) is 0 Å². The number of halogens is 1. The van der Waals surface area contributed by atoms with E-state index >= 15 is 0 Å². The summed E-state index contributed by atoms with van der Waals surface area (Å²) in [6.45, 7) is 0.201. The first-order chi connectivity index (χ1) is 17.0. The molecule has 5 rings (SSSR count). The van der Waals surface area contributed by atoms with E-state index in [1.165, 1.54) is 4.90 Å². The molecule has 4 aromatic carbocycles. The summed E-state index contributed by atoms with van der Waals surface area (Å²) in [6.07, 6.45) is 1.67. The van der Waals surface area contributed by atoms with E-state index in [4.69, 9.17) is 4.74 Å². The molecular formula is C28H18BrNO4S. The van der Waals surface area contributed by atoms with Crippen molar-refractivity contribution in [2.75, 3.05) is 0 Å². The molecule has 35 heavy (non-hydrogen) atoms. The first kappa shape index (κ1) is 23.1. The number of fused-ring (bicyclic) bond motifs is 1. The number of hydrogen-bond donors (Lipinski definition) is 0. The predicted molar refractivity (Wildman–Crippen MR) is 141 cm³/mol. The SMILES string of the molecule is O=C(Oc1ccc(/C=C2\SC(=O)N(Cc3ccccc3Br)C2=O)cc1)c1cccc2ccccc12. The quantitative estimate of drug-likeness (QED) is 0.153. The lowest BCUT2D eigenvalue weighted by atomic mass is 10.0. The number of carbonyl (C=O) groups is 3. The molecule has 0 spiro atoms. The van der Waals surface area contributed by atoms with Gasteiger partial charge in [0.2, 0.25) is 0 Å². The van der Waals surface area contributed by atoms with Crippen molar-refractivity contribution < 1.29 is 19.1 Å². The van der Waals surface area contributed by atoms with Gasteiger partial charge in [-0.05, 0) is 64.0 Å². The van der Waals surface area contributed by atoms with Gasteiger partial charge in [-0.15, -0.1) is 0 Å². The third kappa shape index (κ3) is 4.92. The van der Waals surface area contributed by atoms with Crippen LogP contribution in [-0.4, -0.2) is 22.0 Å². The molecule has 1 saturated heterocycles. The van der Waals surface area contributed by atoms with Crippen LogP contribution in [0.1, 0.15) is 21.5 Å². The zero-order valence-electron chi connectivity index (χ0n) is 18.3. The first-order valence-electron chi connectivity index (χ1n) is 10.8. The maximum absolute atomic E-state index is 12.8. The van der Waals surface area contributed by atoms with Crippen LogP contribution in [0.3, 0.4) is 0 Å². The van der Waals surface area contributed by atoms with E-state index < -0.39 is 5.97 Å². The van der Waals surface area contributed by atoms with Crippen LogP contribution < -0.4 is 4.74 Å². The summed E-state index contributed by atoms with van der Waals surface area (Å²) < 4.78 is 6.41. The van der Waals surface area contributed by atoms with Gasteiger partial charge in [-0.1, -0.05) is 82.7 Å². The molecule has 0 atom stereocenters. The Morgan fingerprint density at radius 2 is 1.60 bits per heavy atom. The van der Waals surface area contributed by atoms with E-state index in [9.17, 15) is 14.4 Å². The van der Waals surface area contributed by atoms with Crippen molar-refractivity contribution in [3.8, 4) is 5.75 Å². The third-order valence-corrected chi connectivity index (χ3v) is 7.24. The largest absolute Gasteiger partial charge is 0.423 e. The van der Waals surface area contributed by atoms with Crippen molar-refractivity contribution in [3.05, 3.63) is 117 Å². The molecule has 1 aliphatic heterocycles. The minimum atomic E-state index is -0.442. The average molecular weight is 544 g/mol. The van der Waals surface area contributed by atoms with E-state index in [-0.39, 0.29) is 17.7 Å². The van der Waals surface area contributed by atoms with Gasteiger partial charge in [0.1, 0.15) is 5.75 Å². The first-order valence-corrected chi connectivity index (χ1v) is 12.4. The van der Waals surface area contributed by atoms with Crippen molar-refractivity contribution in [1.29, 1.82) is 0 Å². The predicted octanol–water partition coefficient (Wildman–Crippen LogP) is 7.06. The monoisotopic (exact) mass is 543 g/mol. The molecule has 0 N–H and O–H groups in total. The van der Waals surface area contributed by atoms with Crippen LogP contribution in [-0.2, 0) is 11.3 Å². The van der Waals surface area contributed by atoms with Crippen molar-refractivity contribution in [2.45, 2.75) is 6.54 Å². The minimum absolute atomic E-state index is 0.201. The number of nitrogens with zero attached hydrogens (tertiary/aromatic N) is 1. The van der Waals surface area contributed by atoms with Gasteiger partial charge in [-0.25, -0.2) is 4.79 Å². The molecule has 0 radical (unpaired) electrons. The van der Waals surface area contributed by atoms with E-state index in [0.29, 0.717) is 16.2 Å². The second-order valence-corrected chi connectivity index (χ2v) is 9.69. The van der Waals surface area contributed by atoms with E-state index in [1.54, 1.807) is 36.4 Å². The van der Waals surface area contributed by atoms with Gasteiger partial charge in [0.25, 0.3) is 11.1 Å². The van der Waals surface area contributed by atoms with Crippen LogP contribution in [0.4, 0.5) is 4.79 Å². The number of carbonyl (C=O) groups excluding carboxylic acids is 3. The maximum Gasteiger partial charge on any atom is 0.344 e. The summed E-state index contributed by atoms with van der Waals surface area (Å²) in [6, 6.07) is 27.5. The number of thioether (sulfide) groups is 1. The topological polar surface area (TPSA) is 63.7 Å². The molecule has 0 unspecified atom stereocenters. The number of benzene rings is 4. The molecule has 172 valence electrons. The van der Waals surface area contributed by atoms with Crippen LogP contribution in [0, 0.1) is 0 Å². The molecule has 0 aromatic heterocycles. The van der Waals surface area contributed by atoms with Crippen molar-refractivity contribution in [1.82, 2.24) is 4.90 Å². The Morgan fingerprint density at radius 3 is 2.40 bits per heavy atom. The maximum atomic E-state index is 12.8. The molecule has 5 nitrogen and oxygen atoms in total. The molecule has 1 heterocycles. The fourth-order valence-corrected chi connectivity index (χ4v) is 5.03. The van der Waals surface area contributed by atoms with Gasteiger partial charge in [-0.2, -0.15) is 0 Å². The Labute approximate surface area is 214 Å². The van der Waals surface area contributed by atoms with E-state index in [1.807, 2.05) is 60.7 Å². The van der Waals surface area contributed by atoms with Gasteiger partial charge in [0.05, 0.1) is 17.0 Å². The Balaban J connectivity index is 1.29. The molecule has 7 heteroatoms. The number of rotatable bonds is 5. The molecule has 0 saturated carbocycles. The molecule has 1 fully saturated rings. The van der Waals surface area contributed by atoms with Gasteiger partial charge >= 0.3 is 5.97 Å². The second kappa shape index (κ2) is 9.90. The highest BCUT2D eigenvalue weighted by molar-refractivity contribution is 9.10. The number of hydrogen-bond acceptors (Lipinski definition) is 5. The lowest BCUT2D eigenvalue weighted by Crippen LogP contribution is -2.27. The normalized spacial score (nSPS) is 14.7. The fraction of sp³-hybridized carbons (Fsp3) is 0.0357. The Morgan fingerprint density at radius 1 is 0.886 bits per heavy atom. The Kier molecular flexibility index (Phi) is 6.53. The smallest absolute Gasteiger partial charge is 0.344 e. The van der Waals surface area contributed by atoms with Crippen LogP contribution >= 0.6 is 27.7 Å². The summed E-state index contributed by atoms with van der Waals surface area (Å²) in [7, 11) is 0. The number of ether oxygens (including phenoxy) is 1. The van der Waals surface area contributed by atoms with Gasteiger partial charge in [0, 0.05) is 4.47 Å². The van der Waals surface area contributed by atoms with Crippen LogP contribution in [0.15, 0.2) is 100 Å². The van der Waals surface area contributed by atoms with E-state index in [0.717, 1.165) is 38.1 Å². The van der Waals surface area contributed by atoms with Crippen LogP contribution in [0.2, 0.25) is 0 Å². The molecule has 0 aliphatic carbocycles. The highest BCUT2D eigenvalue weighted by atomic mass is 79.9. The lowest BCUT2D eigenvalue weighted by molar-refractivity contribution is -0.123. The summed E-state index contributed by atoms with van der Waals surface area (Å²) in [5.74, 6) is -0.382. The summed E-state index contributed by atoms with van der Waals surface area (Å²) in [5, 5.41) is 1.48. The van der Waals surface area contributed by atoms with Gasteiger partial charge in [-0.3, -0.25) is 14.5 Å². The molecule has 4 aromatic rings. The Bertz CT molecular complexity index is 1490. The highest BCUT2D eigenvalue weighted by Gasteiger charge is 2.35. The molecular weight excluding hydrogens is 526 g/mol. The summed E-state index contributed by atoms with van der Waals surface area (Å²) >= 11 is 4.37. The zero-order chi connectivity index (χ0) is 24.4. The third-order valence-electron chi connectivity index (χ3n) is 5.56. The number of esters is 1. The molecule has 0 bridgehead atoms. The van der Waals surface area contributed by atoms with Crippen molar-refractivity contribution in [3.63, 3.8) is 0 Å². The van der Waals surface area contributed by atoms with Crippen LogP contribution in [0.5, 0.6) is 5.75 Å². The fourth-order valence-electron chi connectivity index (χ4n) is 3.78. The van der Waals surface area contributed by atoms with Gasteiger partial charge < -0.3 is 4.74 Å². The second-order valence-electron chi connectivity index (χ2n) is 7.84. The van der Waals surface area contributed by atoms with E-state index in [2.05, 4.69) is 15.9 Å². The Hall–Kier alpha value is -3.68. The standard InChI is InChI=1S/C28H18BrNO4S/c29-24-11-4-2-7-20(24)17-30-26(31)25(35-28(30)33)16-18-12-14-21(15-13-18)34-27(32)23-10-5-8-19-6-1-3-9-22(19)23/h1-16H,17H2/b25-16-. The number of amides is 2. The molecule has 2 amide bonds. The minimum Gasteiger partial charge on any atom is -0.423 e. The summed E-state index contributed by atoms with van der Waals surface area (Å²) in [5.41, 5.74) is 2.07. The summed E-state index contributed by atoms with van der Waals surface area (Å²) in [4.78, 5) is 39.6. The lowest BCUT2D eigenvalue weighted by Gasteiger charge is -2.13. The van der Waals surface area contributed by atoms with Crippen molar-refractivity contribution in [2.24, 2.45) is 0 Å². The highest BCUT2D eigenvalue weighted by Crippen LogP contribution is 2.34. The number of imide groups is 1. The van der Waals surface area contributed by atoms with Crippen molar-refractivity contribution >= 4 is 61.7 Å². The molecule has 1 aliphatic rings.